The van der Waals surface area contributed by atoms with E-state index >= 15 is 0 Å². The zero-order valence-electron chi connectivity index (χ0n) is 12.6. The van der Waals surface area contributed by atoms with Crippen LogP contribution in [0.5, 0.6) is 0 Å². The number of rotatable bonds is 3. The fourth-order valence-electron chi connectivity index (χ4n) is 2.67. The molecule has 0 aliphatic rings. The van der Waals surface area contributed by atoms with E-state index in [9.17, 15) is 4.79 Å². The number of carboxylic acids is 1. The predicted molar refractivity (Wildman–Crippen MR) is 91.8 cm³/mol. The zero-order chi connectivity index (χ0) is 16.5. The number of aromatic nitrogens is 1. The third-order valence-electron chi connectivity index (χ3n) is 3.91. The lowest BCUT2D eigenvalue weighted by Gasteiger charge is -2.00. The van der Waals surface area contributed by atoms with Crippen LogP contribution in [0.25, 0.3) is 33.5 Å². The fraction of sp³-hybridized carbons (Fsp3) is 0. The first-order valence-corrected chi connectivity index (χ1v) is 7.49. The van der Waals surface area contributed by atoms with Gasteiger partial charge in [0.25, 0.3) is 0 Å². The van der Waals surface area contributed by atoms with Crippen molar-refractivity contribution in [1.29, 1.82) is 0 Å². The van der Waals surface area contributed by atoms with Gasteiger partial charge >= 0.3 is 5.97 Å². The molecule has 0 radical (unpaired) electrons. The van der Waals surface area contributed by atoms with Crippen LogP contribution in [0.2, 0.25) is 0 Å². The summed E-state index contributed by atoms with van der Waals surface area (Å²) in [7, 11) is 0. The molecule has 4 aromatic rings. The van der Waals surface area contributed by atoms with Crippen LogP contribution in [0.3, 0.4) is 0 Å². The molecule has 3 aromatic carbocycles. The maximum absolute atomic E-state index is 11.1. The Morgan fingerprint density at radius 1 is 0.875 bits per heavy atom. The summed E-state index contributed by atoms with van der Waals surface area (Å²) in [4.78, 5) is 15.6. The second-order valence-electron chi connectivity index (χ2n) is 5.49. The Morgan fingerprint density at radius 3 is 2.54 bits per heavy atom. The van der Waals surface area contributed by atoms with Gasteiger partial charge in [-0.25, -0.2) is 9.78 Å². The summed E-state index contributed by atoms with van der Waals surface area (Å²) in [6.07, 6.45) is 1.59. The maximum Gasteiger partial charge on any atom is 0.335 e. The molecule has 4 heteroatoms. The molecular weight excluding hydrogens is 302 g/mol. The quantitative estimate of drug-likeness (QED) is 0.586. The molecule has 0 aliphatic carbocycles. The summed E-state index contributed by atoms with van der Waals surface area (Å²) in [5.74, 6) is -0.570. The molecule has 0 atom stereocenters. The third-order valence-corrected chi connectivity index (χ3v) is 3.91. The zero-order valence-corrected chi connectivity index (χ0v) is 12.6. The molecule has 0 fully saturated rings. The highest BCUT2D eigenvalue weighted by Crippen LogP contribution is 2.27. The van der Waals surface area contributed by atoms with Crippen molar-refractivity contribution in [2.75, 3.05) is 0 Å². The normalized spacial score (nSPS) is 10.8. The maximum atomic E-state index is 11.1. The highest BCUT2D eigenvalue weighted by atomic mass is 16.4. The molecule has 1 N–H and O–H groups in total. The fourth-order valence-corrected chi connectivity index (χ4v) is 2.67. The summed E-state index contributed by atoms with van der Waals surface area (Å²) < 4.78 is 5.55. The standard InChI is InChI=1S/C20H13NO3/c22-20(23)17-7-3-6-16(11-17)19-21-18(12-24-19)15-9-8-13-4-1-2-5-14(13)10-15/h1-12H,(H,22,23). The van der Waals surface area contributed by atoms with Crippen LogP contribution < -0.4 is 0 Å². The minimum Gasteiger partial charge on any atom is -0.478 e. The molecule has 0 aliphatic heterocycles. The highest BCUT2D eigenvalue weighted by molar-refractivity contribution is 5.89. The van der Waals surface area contributed by atoms with Crippen LogP contribution in [-0.2, 0) is 0 Å². The SMILES string of the molecule is O=C(O)c1cccc(-c2nc(-c3ccc4ccccc4c3)co2)c1. The van der Waals surface area contributed by atoms with Gasteiger partial charge in [0.2, 0.25) is 5.89 Å². The van der Waals surface area contributed by atoms with E-state index in [4.69, 9.17) is 9.52 Å². The van der Waals surface area contributed by atoms with Gasteiger partial charge in [-0.2, -0.15) is 0 Å². The molecule has 0 spiro atoms. The molecule has 1 heterocycles. The van der Waals surface area contributed by atoms with Crippen molar-refractivity contribution >= 4 is 16.7 Å². The molecular formula is C20H13NO3. The van der Waals surface area contributed by atoms with Gasteiger partial charge in [0.05, 0.1) is 5.56 Å². The van der Waals surface area contributed by atoms with E-state index in [-0.39, 0.29) is 5.56 Å². The van der Waals surface area contributed by atoms with Crippen LogP contribution in [0.4, 0.5) is 0 Å². The number of fused-ring (bicyclic) bond motifs is 1. The summed E-state index contributed by atoms with van der Waals surface area (Å²) >= 11 is 0. The number of hydrogen-bond donors (Lipinski definition) is 1. The van der Waals surface area contributed by atoms with Gasteiger partial charge in [-0.05, 0) is 35.0 Å². The molecule has 0 saturated heterocycles. The Kier molecular flexibility index (Phi) is 3.35. The first-order valence-electron chi connectivity index (χ1n) is 7.49. The Morgan fingerprint density at radius 2 is 1.71 bits per heavy atom. The minimum atomic E-state index is -0.974. The van der Waals surface area contributed by atoms with Crippen molar-refractivity contribution in [1.82, 2.24) is 4.98 Å². The number of hydrogen-bond acceptors (Lipinski definition) is 3. The Balaban J connectivity index is 1.73. The number of nitrogens with zero attached hydrogens (tertiary/aromatic N) is 1. The summed E-state index contributed by atoms with van der Waals surface area (Å²) in [5, 5.41) is 11.4. The minimum absolute atomic E-state index is 0.206. The highest BCUT2D eigenvalue weighted by Gasteiger charge is 2.11. The first kappa shape index (κ1) is 14.2. The molecule has 4 nitrogen and oxygen atoms in total. The molecule has 4 rings (SSSR count). The second-order valence-corrected chi connectivity index (χ2v) is 5.49. The van der Waals surface area contributed by atoms with E-state index in [1.165, 1.54) is 5.39 Å². The number of carbonyl (C=O) groups is 1. The average Bonchev–Trinajstić information content (AvgIpc) is 3.11. The van der Waals surface area contributed by atoms with E-state index < -0.39 is 5.97 Å². The summed E-state index contributed by atoms with van der Waals surface area (Å²) in [6.45, 7) is 0. The van der Waals surface area contributed by atoms with Crippen molar-refractivity contribution in [3.8, 4) is 22.7 Å². The second kappa shape index (κ2) is 5.66. The van der Waals surface area contributed by atoms with Crippen molar-refractivity contribution in [2.24, 2.45) is 0 Å². The van der Waals surface area contributed by atoms with Crippen LogP contribution >= 0.6 is 0 Å². The van der Waals surface area contributed by atoms with Gasteiger partial charge in [0, 0.05) is 11.1 Å². The van der Waals surface area contributed by atoms with Gasteiger partial charge in [-0.15, -0.1) is 0 Å². The number of benzene rings is 3. The smallest absolute Gasteiger partial charge is 0.335 e. The van der Waals surface area contributed by atoms with E-state index in [0.29, 0.717) is 11.5 Å². The Labute approximate surface area is 138 Å². The Hall–Kier alpha value is -3.40. The lowest BCUT2D eigenvalue weighted by atomic mass is 10.1. The number of carboxylic acid groups (broad SMARTS) is 1. The average molecular weight is 315 g/mol. The van der Waals surface area contributed by atoms with Crippen molar-refractivity contribution < 1.29 is 14.3 Å². The molecule has 116 valence electrons. The molecule has 0 unspecified atom stereocenters. The van der Waals surface area contributed by atoms with Gasteiger partial charge in [0.15, 0.2) is 0 Å². The number of aromatic carboxylic acids is 1. The van der Waals surface area contributed by atoms with Gasteiger partial charge in [-0.1, -0.05) is 42.5 Å². The predicted octanol–water partition coefficient (Wildman–Crippen LogP) is 4.86. The van der Waals surface area contributed by atoms with Gasteiger partial charge in [-0.3, -0.25) is 0 Å². The van der Waals surface area contributed by atoms with Crippen LogP contribution in [-0.4, -0.2) is 16.1 Å². The Bertz CT molecular complexity index is 1050. The van der Waals surface area contributed by atoms with E-state index in [0.717, 1.165) is 16.6 Å². The molecule has 1 aromatic heterocycles. The first-order chi connectivity index (χ1) is 11.7. The van der Waals surface area contributed by atoms with Crippen LogP contribution in [0.1, 0.15) is 10.4 Å². The third kappa shape index (κ3) is 2.54. The van der Waals surface area contributed by atoms with Crippen molar-refractivity contribution in [3.05, 3.63) is 78.6 Å². The summed E-state index contributed by atoms with van der Waals surface area (Å²) in [6, 6.07) is 20.8. The monoisotopic (exact) mass is 315 g/mol. The van der Waals surface area contributed by atoms with E-state index in [2.05, 4.69) is 23.2 Å². The van der Waals surface area contributed by atoms with Crippen molar-refractivity contribution in [2.45, 2.75) is 0 Å². The van der Waals surface area contributed by atoms with E-state index in [1.54, 1.807) is 30.5 Å². The van der Waals surface area contributed by atoms with Crippen molar-refractivity contribution in [3.63, 3.8) is 0 Å². The topological polar surface area (TPSA) is 63.3 Å². The van der Waals surface area contributed by atoms with E-state index in [1.807, 2.05) is 24.3 Å². The van der Waals surface area contributed by atoms with Crippen LogP contribution in [0.15, 0.2) is 77.4 Å². The molecule has 0 bridgehead atoms. The lowest BCUT2D eigenvalue weighted by molar-refractivity contribution is 0.0697. The molecule has 0 amide bonds. The van der Waals surface area contributed by atoms with Gasteiger partial charge in [0.1, 0.15) is 12.0 Å². The molecule has 24 heavy (non-hydrogen) atoms. The van der Waals surface area contributed by atoms with Crippen LogP contribution in [0, 0.1) is 0 Å². The molecule has 0 saturated carbocycles. The summed E-state index contributed by atoms with van der Waals surface area (Å²) in [5.41, 5.74) is 2.52. The number of oxazole rings is 1. The van der Waals surface area contributed by atoms with Gasteiger partial charge < -0.3 is 9.52 Å². The lowest BCUT2D eigenvalue weighted by Crippen LogP contribution is -1.95. The largest absolute Gasteiger partial charge is 0.478 e.